The van der Waals surface area contributed by atoms with Crippen LogP contribution in [0.15, 0.2) is 61.2 Å². The van der Waals surface area contributed by atoms with Crippen LogP contribution in [0.2, 0.25) is 5.02 Å². The molecule has 0 unspecified atom stereocenters. The number of aromatic nitrogens is 2. The van der Waals surface area contributed by atoms with Gasteiger partial charge in [0, 0.05) is 55.7 Å². The molecule has 0 amide bonds. The van der Waals surface area contributed by atoms with E-state index in [-0.39, 0.29) is 0 Å². The maximum Gasteiger partial charge on any atom is 0.211 e. The van der Waals surface area contributed by atoms with E-state index in [1.54, 1.807) is 6.33 Å². The Morgan fingerprint density at radius 3 is 2.37 bits per heavy atom. The first-order chi connectivity index (χ1) is 16.9. The summed E-state index contributed by atoms with van der Waals surface area (Å²) in [6.07, 6.45) is 7.28. The molecule has 9 heteroatoms. The van der Waals surface area contributed by atoms with Crippen molar-refractivity contribution in [2.45, 2.75) is 6.42 Å². The Balaban J connectivity index is 1.29. The van der Waals surface area contributed by atoms with Gasteiger partial charge in [-0.15, -0.1) is 0 Å². The number of piperazine rings is 1. The zero-order valence-corrected chi connectivity index (χ0v) is 21.1. The highest BCUT2D eigenvalue weighted by Gasteiger charge is 2.25. The van der Waals surface area contributed by atoms with Crippen molar-refractivity contribution in [3.63, 3.8) is 0 Å². The SMILES string of the molecule is CS(=O)(=O)N1CCN(CCOc2ccc3c(c2)CC(c2cncnc2)=C3c2ccc(Cl)cc2)CC1. The minimum atomic E-state index is -3.11. The van der Waals surface area contributed by atoms with Crippen LogP contribution in [-0.4, -0.2) is 73.2 Å². The van der Waals surface area contributed by atoms with E-state index < -0.39 is 10.0 Å². The molecule has 2 heterocycles. The quantitative estimate of drug-likeness (QED) is 0.483. The van der Waals surface area contributed by atoms with E-state index in [0.717, 1.165) is 42.9 Å². The average Bonchev–Trinajstić information content (AvgIpc) is 3.24. The Morgan fingerprint density at radius 2 is 1.69 bits per heavy atom. The second-order valence-electron chi connectivity index (χ2n) is 8.84. The molecular weight excluding hydrogens is 484 g/mol. The summed E-state index contributed by atoms with van der Waals surface area (Å²) in [5.74, 6) is 0.833. The fourth-order valence-electron chi connectivity index (χ4n) is 4.72. The number of hydrogen-bond acceptors (Lipinski definition) is 6. The number of sulfonamides is 1. The molecule has 0 spiro atoms. The molecule has 2 aromatic carbocycles. The monoisotopic (exact) mass is 510 g/mol. The number of halogens is 1. The van der Waals surface area contributed by atoms with Crippen molar-refractivity contribution >= 4 is 32.8 Å². The van der Waals surface area contributed by atoms with Crippen molar-refractivity contribution in [2.75, 3.05) is 45.6 Å². The lowest BCUT2D eigenvalue weighted by Crippen LogP contribution is -2.49. The van der Waals surface area contributed by atoms with E-state index in [9.17, 15) is 8.42 Å². The van der Waals surface area contributed by atoms with Gasteiger partial charge in [-0.3, -0.25) is 4.90 Å². The first kappa shape index (κ1) is 23.9. The Bertz CT molecular complexity index is 1340. The molecule has 5 rings (SSSR count). The van der Waals surface area contributed by atoms with Gasteiger partial charge in [-0.25, -0.2) is 18.4 Å². The lowest BCUT2D eigenvalue weighted by Gasteiger charge is -2.33. The molecule has 0 atom stereocenters. The topological polar surface area (TPSA) is 75.6 Å². The second-order valence-corrected chi connectivity index (χ2v) is 11.3. The van der Waals surface area contributed by atoms with Crippen molar-refractivity contribution in [2.24, 2.45) is 0 Å². The van der Waals surface area contributed by atoms with Gasteiger partial charge in [-0.05, 0) is 58.5 Å². The van der Waals surface area contributed by atoms with Crippen molar-refractivity contribution in [3.05, 3.63) is 88.5 Å². The maximum atomic E-state index is 11.7. The molecule has 2 aliphatic rings. The molecular formula is C26H27ClN4O3S. The van der Waals surface area contributed by atoms with Crippen molar-refractivity contribution in [1.29, 1.82) is 0 Å². The van der Waals surface area contributed by atoms with Crippen LogP contribution in [0.4, 0.5) is 0 Å². The molecule has 3 aromatic rings. The van der Waals surface area contributed by atoms with Crippen LogP contribution in [0, 0.1) is 0 Å². The predicted molar refractivity (Wildman–Crippen MR) is 138 cm³/mol. The number of rotatable bonds is 7. The Hall–Kier alpha value is -2.78. The number of hydrogen-bond donors (Lipinski definition) is 0. The molecule has 35 heavy (non-hydrogen) atoms. The third-order valence-electron chi connectivity index (χ3n) is 6.53. The highest BCUT2D eigenvalue weighted by Crippen LogP contribution is 2.43. The summed E-state index contributed by atoms with van der Waals surface area (Å²) in [4.78, 5) is 10.7. The maximum absolute atomic E-state index is 11.7. The van der Waals surface area contributed by atoms with E-state index in [1.807, 2.05) is 42.7 Å². The van der Waals surface area contributed by atoms with Crippen molar-refractivity contribution in [3.8, 4) is 5.75 Å². The predicted octanol–water partition coefficient (Wildman–Crippen LogP) is 3.60. The van der Waals surface area contributed by atoms with Gasteiger partial charge >= 0.3 is 0 Å². The van der Waals surface area contributed by atoms with E-state index in [4.69, 9.17) is 16.3 Å². The van der Waals surface area contributed by atoms with Crippen molar-refractivity contribution < 1.29 is 13.2 Å². The van der Waals surface area contributed by atoms with Crippen LogP contribution < -0.4 is 4.74 Å². The Kier molecular flexibility index (Phi) is 6.88. The summed E-state index contributed by atoms with van der Waals surface area (Å²) in [5, 5.41) is 0.707. The molecule has 7 nitrogen and oxygen atoms in total. The standard InChI is InChI=1S/C26H27ClN4O3S/c1-35(32,33)31-10-8-30(9-11-31)12-13-34-23-6-7-24-20(14-23)15-25(21-16-28-18-29-17-21)26(24)19-2-4-22(27)5-3-19/h2-7,14,16-18H,8-13,15H2,1H3. The number of benzene rings is 2. The van der Waals surface area contributed by atoms with Crippen LogP contribution in [0.1, 0.15) is 22.3 Å². The zero-order valence-electron chi connectivity index (χ0n) is 19.5. The minimum Gasteiger partial charge on any atom is -0.492 e. The van der Waals surface area contributed by atoms with E-state index in [0.29, 0.717) is 24.7 Å². The van der Waals surface area contributed by atoms with Crippen LogP contribution in [0.25, 0.3) is 11.1 Å². The van der Waals surface area contributed by atoms with Crippen LogP contribution >= 0.6 is 11.6 Å². The number of allylic oxidation sites excluding steroid dienone is 1. The smallest absolute Gasteiger partial charge is 0.211 e. The number of nitrogens with zero attached hydrogens (tertiary/aromatic N) is 4. The summed E-state index contributed by atoms with van der Waals surface area (Å²) in [6, 6.07) is 14.2. The number of fused-ring (bicyclic) bond motifs is 1. The second kappa shape index (κ2) is 10.1. The minimum absolute atomic E-state index is 0.531. The lowest BCUT2D eigenvalue weighted by atomic mass is 9.95. The first-order valence-corrected chi connectivity index (χ1v) is 13.8. The Labute approximate surface area is 211 Å². The molecule has 0 radical (unpaired) electrons. The van der Waals surface area contributed by atoms with Gasteiger partial charge in [0.25, 0.3) is 0 Å². The van der Waals surface area contributed by atoms with E-state index in [2.05, 4.69) is 27.0 Å². The molecule has 182 valence electrons. The largest absolute Gasteiger partial charge is 0.492 e. The van der Waals surface area contributed by atoms with Gasteiger partial charge in [0.05, 0.1) is 6.26 Å². The average molecular weight is 511 g/mol. The number of ether oxygens (including phenoxy) is 1. The van der Waals surface area contributed by atoms with Crippen LogP contribution in [-0.2, 0) is 16.4 Å². The summed E-state index contributed by atoms with van der Waals surface area (Å²) in [6.45, 7) is 3.81. The molecule has 1 aliphatic carbocycles. The van der Waals surface area contributed by atoms with E-state index in [1.165, 1.54) is 32.8 Å². The van der Waals surface area contributed by atoms with Crippen LogP contribution in [0.3, 0.4) is 0 Å². The fourth-order valence-corrected chi connectivity index (χ4v) is 5.67. The molecule has 0 saturated carbocycles. The highest BCUT2D eigenvalue weighted by molar-refractivity contribution is 7.88. The Morgan fingerprint density at radius 1 is 0.971 bits per heavy atom. The van der Waals surface area contributed by atoms with E-state index >= 15 is 0 Å². The summed E-state index contributed by atoms with van der Waals surface area (Å²) in [5.41, 5.74) is 6.84. The van der Waals surface area contributed by atoms with Gasteiger partial charge in [-0.1, -0.05) is 29.8 Å². The molecule has 1 aromatic heterocycles. The normalized spacial score (nSPS) is 17.0. The zero-order chi connectivity index (χ0) is 24.4. The van der Waals surface area contributed by atoms with Gasteiger partial charge in [-0.2, -0.15) is 4.31 Å². The fraction of sp³-hybridized carbons (Fsp3) is 0.308. The van der Waals surface area contributed by atoms with Crippen molar-refractivity contribution in [1.82, 2.24) is 19.2 Å². The first-order valence-electron chi connectivity index (χ1n) is 11.6. The summed E-state index contributed by atoms with van der Waals surface area (Å²) in [7, 11) is -3.11. The molecule has 1 fully saturated rings. The summed E-state index contributed by atoms with van der Waals surface area (Å²) < 4.78 is 31.0. The van der Waals surface area contributed by atoms with Gasteiger partial charge in [0.1, 0.15) is 18.7 Å². The van der Waals surface area contributed by atoms with Gasteiger partial charge in [0.2, 0.25) is 10.0 Å². The molecule has 0 N–H and O–H groups in total. The summed E-state index contributed by atoms with van der Waals surface area (Å²) >= 11 is 6.14. The van der Waals surface area contributed by atoms with Gasteiger partial charge in [0.15, 0.2) is 0 Å². The molecule has 1 saturated heterocycles. The lowest BCUT2D eigenvalue weighted by molar-refractivity contribution is 0.159. The third-order valence-corrected chi connectivity index (χ3v) is 8.09. The van der Waals surface area contributed by atoms with Gasteiger partial charge < -0.3 is 4.74 Å². The third kappa shape index (κ3) is 5.41. The van der Waals surface area contributed by atoms with Crippen LogP contribution in [0.5, 0.6) is 5.75 Å². The molecule has 0 bridgehead atoms. The molecule has 1 aliphatic heterocycles. The highest BCUT2D eigenvalue weighted by atomic mass is 35.5.